The van der Waals surface area contributed by atoms with E-state index in [0.29, 0.717) is 28.2 Å². The Bertz CT molecular complexity index is 954. The number of ketones is 1. The number of aromatic hydroxyl groups is 2. The van der Waals surface area contributed by atoms with Gasteiger partial charge in [-0.2, -0.15) is 0 Å². The summed E-state index contributed by atoms with van der Waals surface area (Å²) in [5.41, 5.74) is 1.87. The van der Waals surface area contributed by atoms with Gasteiger partial charge in [-0.05, 0) is 48.4 Å². The molecule has 0 atom stereocenters. The lowest BCUT2D eigenvalue weighted by Crippen LogP contribution is -1.91. The van der Waals surface area contributed by atoms with Crippen LogP contribution in [0.5, 0.6) is 23.0 Å². The van der Waals surface area contributed by atoms with Crippen molar-refractivity contribution in [3.05, 3.63) is 71.0 Å². The van der Waals surface area contributed by atoms with Crippen LogP contribution in [0.4, 0.5) is 0 Å². The van der Waals surface area contributed by atoms with Crippen LogP contribution in [0.1, 0.15) is 16.7 Å². The van der Waals surface area contributed by atoms with Gasteiger partial charge in [-0.1, -0.05) is 24.3 Å². The Balaban J connectivity index is 2.08. The van der Waals surface area contributed by atoms with Gasteiger partial charge in [0.25, 0.3) is 0 Å². The molecule has 0 heterocycles. The molecular formula is C22H22O6. The summed E-state index contributed by atoms with van der Waals surface area (Å²) in [5, 5.41) is 29.6. The van der Waals surface area contributed by atoms with Crippen molar-refractivity contribution >= 4 is 17.9 Å². The fourth-order valence-electron chi connectivity index (χ4n) is 2.44. The summed E-state index contributed by atoms with van der Waals surface area (Å²) < 4.78 is 9.99. The highest BCUT2D eigenvalue weighted by Crippen LogP contribution is 2.32. The molecule has 146 valence electrons. The minimum Gasteiger partial charge on any atom is -0.508 e. The van der Waals surface area contributed by atoms with Gasteiger partial charge in [0.15, 0.2) is 28.8 Å². The fourth-order valence-corrected chi connectivity index (χ4v) is 2.44. The Morgan fingerprint density at radius 1 is 0.964 bits per heavy atom. The minimum atomic E-state index is -0.422. The topological polar surface area (TPSA) is 96.2 Å². The average Bonchev–Trinajstić information content (AvgIpc) is 2.67. The van der Waals surface area contributed by atoms with E-state index in [-0.39, 0.29) is 17.3 Å². The number of hydrogen-bond acceptors (Lipinski definition) is 6. The zero-order valence-electron chi connectivity index (χ0n) is 15.8. The molecule has 2 rings (SSSR count). The summed E-state index contributed by atoms with van der Waals surface area (Å²) in [6.07, 6.45) is 6.80. The van der Waals surface area contributed by atoms with E-state index in [1.807, 2.05) is 0 Å². The fraction of sp³-hybridized carbons (Fsp3) is 0.136. The van der Waals surface area contributed by atoms with Crippen molar-refractivity contribution in [2.45, 2.75) is 6.92 Å². The van der Waals surface area contributed by atoms with Crippen molar-refractivity contribution in [2.24, 2.45) is 0 Å². The first kappa shape index (κ1) is 20.6. The number of phenols is 2. The molecule has 0 amide bonds. The molecule has 2 aromatic carbocycles. The second kappa shape index (κ2) is 9.32. The Morgan fingerprint density at radius 2 is 1.64 bits per heavy atom. The molecule has 3 N–H and O–H groups in total. The number of ether oxygens (including phenoxy) is 2. The first-order valence-electron chi connectivity index (χ1n) is 8.40. The van der Waals surface area contributed by atoms with E-state index < -0.39 is 5.78 Å². The number of methoxy groups -OCH3 is 2. The van der Waals surface area contributed by atoms with Crippen molar-refractivity contribution in [2.75, 3.05) is 14.2 Å². The van der Waals surface area contributed by atoms with Gasteiger partial charge in [-0.15, -0.1) is 0 Å². The number of phenolic OH excluding ortho intramolecular Hbond substituents is 2. The summed E-state index contributed by atoms with van der Waals surface area (Å²) in [5.74, 6) is 0.0328. The third kappa shape index (κ3) is 5.17. The predicted molar refractivity (Wildman–Crippen MR) is 108 cm³/mol. The summed E-state index contributed by atoms with van der Waals surface area (Å²) in [7, 11) is 2.91. The van der Waals surface area contributed by atoms with Crippen LogP contribution in [0.25, 0.3) is 12.2 Å². The van der Waals surface area contributed by atoms with Gasteiger partial charge in [-0.3, -0.25) is 4.79 Å². The molecule has 2 aromatic rings. The standard InChI is InChI=1S/C22H22O6/c1-14-16(7-11-21(28-3)22(14)26)6-9-18(24)13-17(23)8-4-15-5-10-20(27-2)19(25)12-15/h4-13,23,25-26H,1-3H3/b8-4+,9-6+,17-13-. The van der Waals surface area contributed by atoms with E-state index in [9.17, 15) is 20.1 Å². The quantitative estimate of drug-likeness (QED) is 0.378. The number of benzene rings is 2. The Morgan fingerprint density at radius 3 is 2.29 bits per heavy atom. The summed E-state index contributed by atoms with van der Waals surface area (Å²) >= 11 is 0. The van der Waals surface area contributed by atoms with Gasteiger partial charge < -0.3 is 24.8 Å². The average molecular weight is 382 g/mol. The number of hydrogen-bond donors (Lipinski definition) is 3. The van der Waals surface area contributed by atoms with E-state index in [2.05, 4.69) is 0 Å². The SMILES string of the molecule is COc1ccc(/C=C/C(O)=C/C(=O)/C=C/c2ccc(OC)c(O)c2C)cc1O. The molecule has 0 fully saturated rings. The van der Waals surface area contributed by atoms with Gasteiger partial charge in [0.2, 0.25) is 0 Å². The highest BCUT2D eigenvalue weighted by molar-refractivity contribution is 6.02. The number of aliphatic hydroxyl groups is 1. The van der Waals surface area contributed by atoms with Crippen LogP contribution in [0, 0.1) is 6.92 Å². The zero-order valence-corrected chi connectivity index (χ0v) is 15.8. The number of allylic oxidation sites excluding steroid dienone is 3. The summed E-state index contributed by atoms with van der Waals surface area (Å²) in [6.45, 7) is 1.71. The Hall–Kier alpha value is -3.67. The van der Waals surface area contributed by atoms with Gasteiger partial charge in [0.05, 0.1) is 14.2 Å². The van der Waals surface area contributed by atoms with Crippen LogP contribution in [-0.2, 0) is 4.79 Å². The van der Waals surface area contributed by atoms with Gasteiger partial charge in [0, 0.05) is 11.6 Å². The molecule has 6 nitrogen and oxygen atoms in total. The van der Waals surface area contributed by atoms with E-state index in [0.717, 1.165) is 6.08 Å². The lowest BCUT2D eigenvalue weighted by Gasteiger charge is -2.08. The lowest BCUT2D eigenvalue weighted by atomic mass is 10.1. The van der Waals surface area contributed by atoms with Crippen LogP contribution < -0.4 is 9.47 Å². The largest absolute Gasteiger partial charge is 0.508 e. The molecular weight excluding hydrogens is 360 g/mol. The first-order chi connectivity index (χ1) is 13.3. The maximum absolute atomic E-state index is 12.0. The third-order valence-corrected chi connectivity index (χ3v) is 4.02. The molecule has 28 heavy (non-hydrogen) atoms. The van der Waals surface area contributed by atoms with Gasteiger partial charge in [0.1, 0.15) is 5.76 Å². The van der Waals surface area contributed by atoms with Crippen LogP contribution in [0.2, 0.25) is 0 Å². The molecule has 0 unspecified atom stereocenters. The molecule has 0 spiro atoms. The van der Waals surface area contributed by atoms with Crippen molar-refractivity contribution in [1.82, 2.24) is 0 Å². The van der Waals surface area contributed by atoms with Crippen LogP contribution in [0.3, 0.4) is 0 Å². The maximum Gasteiger partial charge on any atom is 0.182 e. The smallest absolute Gasteiger partial charge is 0.182 e. The molecule has 0 bridgehead atoms. The van der Waals surface area contributed by atoms with E-state index in [1.54, 1.807) is 43.3 Å². The Kier molecular flexibility index (Phi) is 6.87. The van der Waals surface area contributed by atoms with E-state index >= 15 is 0 Å². The van der Waals surface area contributed by atoms with Crippen molar-refractivity contribution in [3.63, 3.8) is 0 Å². The van der Waals surface area contributed by atoms with E-state index in [4.69, 9.17) is 9.47 Å². The van der Waals surface area contributed by atoms with Crippen molar-refractivity contribution in [3.8, 4) is 23.0 Å². The molecule has 0 aliphatic rings. The number of rotatable bonds is 7. The number of carbonyl (C=O) groups is 1. The zero-order chi connectivity index (χ0) is 20.7. The second-order valence-electron chi connectivity index (χ2n) is 5.90. The van der Waals surface area contributed by atoms with Crippen molar-refractivity contribution in [1.29, 1.82) is 0 Å². The maximum atomic E-state index is 12.0. The van der Waals surface area contributed by atoms with Crippen LogP contribution in [0.15, 0.2) is 54.3 Å². The third-order valence-electron chi connectivity index (χ3n) is 4.02. The second-order valence-corrected chi connectivity index (χ2v) is 5.90. The molecule has 0 saturated heterocycles. The summed E-state index contributed by atoms with van der Waals surface area (Å²) in [6, 6.07) is 8.09. The molecule has 6 heteroatoms. The molecule has 0 saturated carbocycles. The molecule has 0 aliphatic carbocycles. The monoisotopic (exact) mass is 382 g/mol. The highest BCUT2D eigenvalue weighted by atomic mass is 16.5. The van der Waals surface area contributed by atoms with E-state index in [1.165, 1.54) is 32.4 Å². The van der Waals surface area contributed by atoms with Crippen LogP contribution >= 0.6 is 0 Å². The van der Waals surface area contributed by atoms with Crippen LogP contribution in [-0.4, -0.2) is 35.3 Å². The normalized spacial score (nSPS) is 11.9. The molecule has 0 aliphatic heterocycles. The molecule has 0 aromatic heterocycles. The lowest BCUT2D eigenvalue weighted by molar-refractivity contribution is -0.110. The molecule has 0 radical (unpaired) electrons. The van der Waals surface area contributed by atoms with Crippen molar-refractivity contribution < 1.29 is 29.6 Å². The number of carbonyl (C=O) groups excluding carboxylic acids is 1. The van der Waals surface area contributed by atoms with Gasteiger partial charge in [-0.25, -0.2) is 0 Å². The first-order valence-corrected chi connectivity index (χ1v) is 8.40. The predicted octanol–water partition coefficient (Wildman–Crippen LogP) is 4.16. The number of aliphatic hydroxyl groups excluding tert-OH is 1. The van der Waals surface area contributed by atoms with Gasteiger partial charge >= 0.3 is 0 Å². The summed E-state index contributed by atoms with van der Waals surface area (Å²) in [4.78, 5) is 12.0. The minimum absolute atomic E-state index is 0.0150. The highest BCUT2D eigenvalue weighted by Gasteiger charge is 2.07. The Labute approximate surface area is 163 Å².